The molecule has 1 heterocycles. The SMILES string of the molecule is CCn1c2ccc(C(=O)c3ccc4ccccc4c3)cc2c2cc(/C(C)=N/OC(C)=O)ccc21. The Labute approximate surface area is 197 Å². The largest absolute Gasteiger partial charge is 0.341 e. The number of carbonyl (C=O) groups is 2. The first-order chi connectivity index (χ1) is 16.5. The van der Waals surface area contributed by atoms with Crippen molar-refractivity contribution in [1.29, 1.82) is 0 Å². The third-order valence-corrected chi connectivity index (χ3v) is 6.18. The van der Waals surface area contributed by atoms with Gasteiger partial charge in [0.25, 0.3) is 0 Å². The number of fused-ring (bicyclic) bond motifs is 4. The summed E-state index contributed by atoms with van der Waals surface area (Å²) in [6.07, 6.45) is 0. The lowest BCUT2D eigenvalue weighted by atomic mass is 9.98. The van der Waals surface area contributed by atoms with Crippen LogP contribution in [0.5, 0.6) is 0 Å². The molecule has 5 nitrogen and oxygen atoms in total. The van der Waals surface area contributed by atoms with Crippen LogP contribution in [0.2, 0.25) is 0 Å². The average molecular weight is 449 g/mol. The molecule has 0 amide bonds. The number of nitrogens with zero attached hydrogens (tertiary/aromatic N) is 2. The lowest BCUT2D eigenvalue weighted by Crippen LogP contribution is -2.01. The summed E-state index contributed by atoms with van der Waals surface area (Å²) in [7, 11) is 0. The fourth-order valence-corrected chi connectivity index (χ4v) is 4.49. The van der Waals surface area contributed by atoms with Gasteiger partial charge in [0.05, 0.1) is 5.71 Å². The number of oxime groups is 1. The highest BCUT2D eigenvalue weighted by molar-refractivity contribution is 6.16. The zero-order valence-electron chi connectivity index (χ0n) is 19.3. The lowest BCUT2D eigenvalue weighted by Gasteiger charge is -2.06. The van der Waals surface area contributed by atoms with Crippen molar-refractivity contribution in [2.75, 3.05) is 0 Å². The number of aryl methyl sites for hydroxylation is 1. The molecule has 0 fully saturated rings. The average Bonchev–Trinajstić information content (AvgIpc) is 3.18. The highest BCUT2D eigenvalue weighted by Gasteiger charge is 2.16. The van der Waals surface area contributed by atoms with Gasteiger partial charge in [-0.1, -0.05) is 47.6 Å². The van der Waals surface area contributed by atoms with Crippen molar-refractivity contribution < 1.29 is 14.4 Å². The van der Waals surface area contributed by atoms with Gasteiger partial charge in [-0.25, -0.2) is 4.79 Å². The molecule has 0 spiro atoms. The van der Waals surface area contributed by atoms with Crippen LogP contribution >= 0.6 is 0 Å². The number of rotatable bonds is 5. The molecule has 0 saturated heterocycles. The van der Waals surface area contributed by atoms with Gasteiger partial charge in [-0.15, -0.1) is 0 Å². The van der Waals surface area contributed by atoms with E-state index in [1.807, 2.05) is 78.9 Å². The van der Waals surface area contributed by atoms with Crippen molar-refractivity contribution in [2.24, 2.45) is 5.16 Å². The molecule has 0 saturated carbocycles. The Morgan fingerprint density at radius 1 is 0.765 bits per heavy atom. The number of benzene rings is 4. The minimum absolute atomic E-state index is 0.00573. The molecule has 5 heteroatoms. The Kier molecular flexibility index (Phi) is 5.46. The normalized spacial score (nSPS) is 11.9. The highest BCUT2D eigenvalue weighted by Crippen LogP contribution is 2.31. The first kappa shape index (κ1) is 21.6. The molecule has 4 aromatic carbocycles. The van der Waals surface area contributed by atoms with E-state index in [0.717, 1.165) is 44.7 Å². The van der Waals surface area contributed by atoms with Gasteiger partial charge in [0.1, 0.15) is 0 Å². The summed E-state index contributed by atoms with van der Waals surface area (Å²) in [5.41, 5.74) is 4.93. The molecule has 1 aromatic heterocycles. The summed E-state index contributed by atoms with van der Waals surface area (Å²) in [6.45, 7) is 6.03. The van der Waals surface area contributed by atoms with Gasteiger partial charge in [-0.05, 0) is 66.6 Å². The molecule has 5 rings (SSSR count). The zero-order valence-corrected chi connectivity index (χ0v) is 19.3. The first-order valence-electron chi connectivity index (χ1n) is 11.3. The van der Waals surface area contributed by atoms with Crippen LogP contribution in [0.25, 0.3) is 32.6 Å². The van der Waals surface area contributed by atoms with Crippen LogP contribution in [0, 0.1) is 0 Å². The van der Waals surface area contributed by atoms with Gasteiger partial charge in [0.15, 0.2) is 5.78 Å². The van der Waals surface area contributed by atoms with E-state index in [-0.39, 0.29) is 5.78 Å². The van der Waals surface area contributed by atoms with Crippen LogP contribution in [0.1, 0.15) is 42.3 Å². The molecule has 0 unspecified atom stereocenters. The van der Waals surface area contributed by atoms with Crippen molar-refractivity contribution >= 4 is 50.0 Å². The van der Waals surface area contributed by atoms with Gasteiger partial charge >= 0.3 is 5.97 Å². The predicted molar refractivity (Wildman–Crippen MR) is 136 cm³/mol. The van der Waals surface area contributed by atoms with E-state index in [9.17, 15) is 9.59 Å². The predicted octanol–water partition coefficient (Wildman–Crippen LogP) is 6.49. The summed E-state index contributed by atoms with van der Waals surface area (Å²) >= 11 is 0. The van der Waals surface area contributed by atoms with Gasteiger partial charge in [0.2, 0.25) is 0 Å². The first-order valence-corrected chi connectivity index (χ1v) is 11.3. The van der Waals surface area contributed by atoms with E-state index in [4.69, 9.17) is 4.84 Å². The summed E-state index contributed by atoms with van der Waals surface area (Å²) in [4.78, 5) is 29.3. The Hall–Kier alpha value is -4.25. The number of aromatic nitrogens is 1. The van der Waals surface area contributed by atoms with Gasteiger partial charge in [0, 0.05) is 46.4 Å². The van der Waals surface area contributed by atoms with Crippen molar-refractivity contribution in [3.63, 3.8) is 0 Å². The van der Waals surface area contributed by atoms with Crippen LogP contribution < -0.4 is 0 Å². The summed E-state index contributed by atoms with van der Waals surface area (Å²) in [5.74, 6) is -0.464. The van der Waals surface area contributed by atoms with Crippen molar-refractivity contribution in [2.45, 2.75) is 27.3 Å². The molecule has 5 aromatic rings. The minimum Gasteiger partial charge on any atom is -0.341 e. The molecule has 0 bridgehead atoms. The standard InChI is InChI=1S/C29H24N2O3/c1-4-31-27-13-11-21(18(2)30-34-19(3)32)16-25(27)26-17-24(12-14-28(26)31)29(33)23-10-9-20-7-5-6-8-22(20)15-23/h5-17H,4H2,1-3H3/b30-18+. The molecule has 0 aliphatic carbocycles. The van der Waals surface area contributed by atoms with Crippen molar-refractivity contribution in [1.82, 2.24) is 4.57 Å². The van der Waals surface area contributed by atoms with E-state index in [1.54, 1.807) is 6.92 Å². The topological polar surface area (TPSA) is 60.7 Å². The van der Waals surface area contributed by atoms with Crippen LogP contribution in [0.15, 0.2) is 84.0 Å². The maximum atomic E-state index is 13.4. The second kappa shape index (κ2) is 8.60. The fraction of sp³-hybridized carbons (Fsp3) is 0.138. The van der Waals surface area contributed by atoms with Crippen LogP contribution in [-0.2, 0) is 16.2 Å². The molecule has 0 radical (unpaired) electrons. The summed E-state index contributed by atoms with van der Waals surface area (Å²) in [6, 6.07) is 25.8. The monoisotopic (exact) mass is 448 g/mol. The van der Waals surface area contributed by atoms with Crippen LogP contribution in [-0.4, -0.2) is 22.0 Å². The molecule has 0 aliphatic heterocycles. The van der Waals surface area contributed by atoms with Crippen molar-refractivity contribution in [3.8, 4) is 0 Å². The van der Waals surface area contributed by atoms with E-state index < -0.39 is 5.97 Å². The van der Waals surface area contributed by atoms with Crippen LogP contribution in [0.4, 0.5) is 0 Å². The smallest absolute Gasteiger partial charge is 0.331 e. The number of ketones is 1. The number of carbonyl (C=O) groups excluding carboxylic acids is 2. The van der Waals surface area contributed by atoms with E-state index in [1.165, 1.54) is 6.92 Å². The Morgan fingerprint density at radius 2 is 1.35 bits per heavy atom. The maximum absolute atomic E-state index is 13.4. The number of hydrogen-bond acceptors (Lipinski definition) is 4. The lowest BCUT2D eigenvalue weighted by molar-refractivity contribution is -0.140. The van der Waals surface area contributed by atoms with Crippen LogP contribution in [0.3, 0.4) is 0 Å². The number of hydrogen-bond donors (Lipinski definition) is 0. The third-order valence-electron chi connectivity index (χ3n) is 6.18. The molecule has 34 heavy (non-hydrogen) atoms. The van der Waals surface area contributed by atoms with E-state index in [0.29, 0.717) is 16.8 Å². The Morgan fingerprint density at radius 3 is 2.03 bits per heavy atom. The molecular formula is C29H24N2O3. The second-order valence-corrected chi connectivity index (χ2v) is 8.36. The second-order valence-electron chi connectivity index (χ2n) is 8.36. The van der Waals surface area contributed by atoms with Gasteiger partial charge < -0.3 is 9.40 Å². The Balaban J connectivity index is 1.63. The maximum Gasteiger partial charge on any atom is 0.331 e. The quantitative estimate of drug-likeness (QED) is 0.134. The summed E-state index contributed by atoms with van der Waals surface area (Å²) < 4.78 is 2.23. The molecular weight excluding hydrogens is 424 g/mol. The molecule has 0 N–H and O–H groups in total. The highest BCUT2D eigenvalue weighted by atomic mass is 16.7. The summed E-state index contributed by atoms with van der Waals surface area (Å²) in [5, 5.41) is 8.11. The zero-order chi connectivity index (χ0) is 23.8. The fourth-order valence-electron chi connectivity index (χ4n) is 4.49. The van der Waals surface area contributed by atoms with E-state index >= 15 is 0 Å². The third kappa shape index (κ3) is 3.75. The Bertz CT molecular complexity index is 1630. The molecule has 0 aliphatic rings. The minimum atomic E-state index is -0.458. The van der Waals surface area contributed by atoms with Gasteiger partial charge in [-0.2, -0.15) is 0 Å². The molecule has 0 atom stereocenters. The van der Waals surface area contributed by atoms with Gasteiger partial charge in [-0.3, -0.25) is 4.79 Å². The van der Waals surface area contributed by atoms with Crippen molar-refractivity contribution in [3.05, 3.63) is 95.6 Å². The van der Waals surface area contributed by atoms with E-state index in [2.05, 4.69) is 16.6 Å². The molecule has 168 valence electrons.